The molecule has 0 aliphatic heterocycles. The molecule has 1 aromatic carbocycles. The molecule has 0 atom stereocenters. The highest BCUT2D eigenvalue weighted by Gasteiger charge is 2.10. The lowest BCUT2D eigenvalue weighted by molar-refractivity contribution is 0.0697. The van der Waals surface area contributed by atoms with Crippen molar-refractivity contribution >= 4 is 11.7 Å². The van der Waals surface area contributed by atoms with Gasteiger partial charge >= 0.3 is 5.97 Å². The zero-order valence-electron chi connectivity index (χ0n) is 7.50. The molecule has 0 saturated carbocycles. The van der Waals surface area contributed by atoms with Crippen molar-refractivity contribution in [1.82, 2.24) is 0 Å². The summed E-state index contributed by atoms with van der Waals surface area (Å²) >= 11 is 0. The number of carboxylic acid groups (broad SMARTS) is 1. The lowest BCUT2D eigenvalue weighted by Crippen LogP contribution is -2.03. The van der Waals surface area contributed by atoms with Crippen molar-refractivity contribution < 1.29 is 14.6 Å². The van der Waals surface area contributed by atoms with Crippen molar-refractivity contribution in [3.8, 4) is 5.75 Å². The quantitative estimate of drug-likeness (QED) is 0.674. The first-order valence-electron chi connectivity index (χ1n) is 3.73. The van der Waals surface area contributed by atoms with Gasteiger partial charge in [0.05, 0.1) is 12.7 Å². The highest BCUT2D eigenvalue weighted by atomic mass is 16.5. The fourth-order valence-electron chi connectivity index (χ4n) is 1.12. The maximum absolute atomic E-state index is 10.7. The summed E-state index contributed by atoms with van der Waals surface area (Å²) in [6.07, 6.45) is 0. The molecule has 4 nitrogen and oxygen atoms in total. The number of aryl methyl sites for hydroxylation is 1. The highest BCUT2D eigenvalue weighted by molar-refractivity contribution is 5.94. The lowest BCUT2D eigenvalue weighted by Gasteiger charge is -2.07. The normalized spacial score (nSPS) is 9.69. The molecule has 0 heterocycles. The standard InChI is InChI=1S/C9H11NO3/c1-5-3-7(10)6(9(11)12)4-8(5)13-2/h3-4H,10H2,1-2H3,(H,11,12). The Morgan fingerprint density at radius 2 is 2.15 bits per heavy atom. The number of carbonyl (C=O) groups is 1. The van der Waals surface area contributed by atoms with E-state index < -0.39 is 5.97 Å². The third-order valence-electron chi connectivity index (χ3n) is 1.80. The number of methoxy groups -OCH3 is 1. The number of rotatable bonds is 2. The van der Waals surface area contributed by atoms with Gasteiger partial charge in [-0.15, -0.1) is 0 Å². The number of hydrogen-bond donors (Lipinski definition) is 2. The molecule has 0 saturated heterocycles. The lowest BCUT2D eigenvalue weighted by atomic mass is 10.1. The second-order valence-corrected chi connectivity index (χ2v) is 2.71. The summed E-state index contributed by atoms with van der Waals surface area (Å²) in [6, 6.07) is 3.01. The molecule has 0 aliphatic carbocycles. The molecular weight excluding hydrogens is 170 g/mol. The van der Waals surface area contributed by atoms with Gasteiger partial charge < -0.3 is 15.6 Å². The van der Waals surface area contributed by atoms with Gasteiger partial charge in [-0.25, -0.2) is 4.79 Å². The predicted octanol–water partition coefficient (Wildman–Crippen LogP) is 1.28. The van der Waals surface area contributed by atoms with E-state index in [1.165, 1.54) is 13.2 Å². The van der Waals surface area contributed by atoms with E-state index in [2.05, 4.69) is 0 Å². The van der Waals surface area contributed by atoms with Crippen LogP contribution in [0.25, 0.3) is 0 Å². The Hall–Kier alpha value is -1.71. The fraction of sp³-hybridized carbons (Fsp3) is 0.222. The van der Waals surface area contributed by atoms with Crippen LogP contribution >= 0.6 is 0 Å². The van der Waals surface area contributed by atoms with Gasteiger partial charge in [-0.3, -0.25) is 0 Å². The molecule has 0 fully saturated rings. The van der Waals surface area contributed by atoms with Crippen LogP contribution in [0.15, 0.2) is 12.1 Å². The smallest absolute Gasteiger partial charge is 0.337 e. The number of hydrogen-bond acceptors (Lipinski definition) is 3. The van der Waals surface area contributed by atoms with E-state index in [-0.39, 0.29) is 11.3 Å². The maximum Gasteiger partial charge on any atom is 0.337 e. The number of carboxylic acids is 1. The average molecular weight is 181 g/mol. The van der Waals surface area contributed by atoms with Gasteiger partial charge in [0, 0.05) is 5.69 Å². The van der Waals surface area contributed by atoms with Crippen LogP contribution in [0.5, 0.6) is 5.75 Å². The summed E-state index contributed by atoms with van der Waals surface area (Å²) in [4.78, 5) is 10.7. The number of nitrogens with two attached hydrogens (primary N) is 1. The van der Waals surface area contributed by atoms with Gasteiger partial charge in [-0.05, 0) is 24.6 Å². The van der Waals surface area contributed by atoms with Crippen LogP contribution in [-0.4, -0.2) is 18.2 Å². The Kier molecular flexibility index (Phi) is 2.41. The van der Waals surface area contributed by atoms with Crippen LogP contribution in [-0.2, 0) is 0 Å². The van der Waals surface area contributed by atoms with Gasteiger partial charge in [0.25, 0.3) is 0 Å². The second-order valence-electron chi connectivity index (χ2n) is 2.71. The van der Waals surface area contributed by atoms with Crippen LogP contribution in [0.1, 0.15) is 15.9 Å². The Bertz CT molecular complexity index is 347. The van der Waals surface area contributed by atoms with Crippen LogP contribution in [0, 0.1) is 6.92 Å². The molecule has 0 spiro atoms. The summed E-state index contributed by atoms with van der Waals surface area (Å²) in [6.45, 7) is 1.81. The summed E-state index contributed by atoms with van der Waals surface area (Å²) in [5, 5.41) is 8.74. The minimum absolute atomic E-state index is 0.0717. The van der Waals surface area contributed by atoms with Crippen LogP contribution in [0.4, 0.5) is 5.69 Å². The summed E-state index contributed by atoms with van der Waals surface area (Å²) in [7, 11) is 1.49. The van der Waals surface area contributed by atoms with Crippen LogP contribution in [0.3, 0.4) is 0 Å². The number of aromatic carboxylic acids is 1. The van der Waals surface area contributed by atoms with Gasteiger partial charge in [0.15, 0.2) is 0 Å². The minimum atomic E-state index is -1.05. The zero-order valence-corrected chi connectivity index (χ0v) is 7.50. The topological polar surface area (TPSA) is 72.5 Å². The first-order chi connectivity index (χ1) is 6.06. The second kappa shape index (κ2) is 3.35. The maximum atomic E-state index is 10.7. The average Bonchev–Trinajstić information content (AvgIpc) is 2.03. The van der Waals surface area contributed by atoms with E-state index in [0.717, 1.165) is 5.56 Å². The zero-order chi connectivity index (χ0) is 10.0. The third kappa shape index (κ3) is 1.72. The number of nitrogen functional groups attached to an aromatic ring is 1. The molecule has 1 aromatic rings. The van der Waals surface area contributed by atoms with Gasteiger partial charge in [-0.2, -0.15) is 0 Å². The van der Waals surface area contributed by atoms with Gasteiger partial charge in [-0.1, -0.05) is 0 Å². The Labute approximate surface area is 75.9 Å². The SMILES string of the molecule is COc1cc(C(=O)O)c(N)cc1C. The van der Waals surface area contributed by atoms with Gasteiger partial charge in [0.2, 0.25) is 0 Å². The Balaban J connectivity index is 3.30. The van der Waals surface area contributed by atoms with E-state index in [1.54, 1.807) is 13.0 Å². The molecule has 0 aromatic heterocycles. The first kappa shape index (κ1) is 9.38. The molecule has 0 bridgehead atoms. The molecule has 0 aliphatic rings. The number of benzene rings is 1. The van der Waals surface area contributed by atoms with Crippen molar-refractivity contribution in [3.63, 3.8) is 0 Å². The van der Waals surface area contributed by atoms with E-state index in [9.17, 15) is 4.79 Å². The largest absolute Gasteiger partial charge is 0.496 e. The minimum Gasteiger partial charge on any atom is -0.496 e. The monoisotopic (exact) mass is 181 g/mol. The van der Waals surface area contributed by atoms with E-state index >= 15 is 0 Å². The third-order valence-corrected chi connectivity index (χ3v) is 1.80. The Morgan fingerprint density at radius 3 is 2.62 bits per heavy atom. The Morgan fingerprint density at radius 1 is 1.54 bits per heavy atom. The molecular formula is C9H11NO3. The molecule has 13 heavy (non-hydrogen) atoms. The van der Waals surface area contributed by atoms with E-state index in [1.807, 2.05) is 0 Å². The molecule has 1 rings (SSSR count). The molecule has 0 radical (unpaired) electrons. The molecule has 3 N–H and O–H groups in total. The van der Waals surface area contributed by atoms with E-state index in [0.29, 0.717) is 5.75 Å². The summed E-state index contributed by atoms with van der Waals surface area (Å²) in [5.74, 6) is -0.512. The number of anilines is 1. The fourth-order valence-corrected chi connectivity index (χ4v) is 1.12. The van der Waals surface area contributed by atoms with Crippen molar-refractivity contribution in [2.75, 3.05) is 12.8 Å². The molecule has 70 valence electrons. The summed E-state index contributed by atoms with van der Waals surface area (Å²) in [5.41, 5.74) is 6.66. The number of ether oxygens (including phenoxy) is 1. The van der Waals surface area contributed by atoms with Crippen LogP contribution in [0.2, 0.25) is 0 Å². The van der Waals surface area contributed by atoms with E-state index in [4.69, 9.17) is 15.6 Å². The first-order valence-corrected chi connectivity index (χ1v) is 3.73. The molecule has 0 amide bonds. The van der Waals surface area contributed by atoms with Crippen molar-refractivity contribution in [2.24, 2.45) is 0 Å². The van der Waals surface area contributed by atoms with Gasteiger partial charge in [0.1, 0.15) is 5.75 Å². The van der Waals surface area contributed by atoms with Crippen molar-refractivity contribution in [3.05, 3.63) is 23.3 Å². The predicted molar refractivity (Wildman–Crippen MR) is 49.1 cm³/mol. The van der Waals surface area contributed by atoms with Crippen LogP contribution < -0.4 is 10.5 Å². The van der Waals surface area contributed by atoms with Crippen molar-refractivity contribution in [2.45, 2.75) is 6.92 Å². The summed E-state index contributed by atoms with van der Waals surface area (Å²) < 4.78 is 4.97. The molecule has 4 heteroatoms. The molecule has 0 unspecified atom stereocenters. The highest BCUT2D eigenvalue weighted by Crippen LogP contribution is 2.24. The van der Waals surface area contributed by atoms with Crippen molar-refractivity contribution in [1.29, 1.82) is 0 Å².